The Morgan fingerprint density at radius 3 is 2.70 bits per heavy atom. The summed E-state index contributed by atoms with van der Waals surface area (Å²) in [6.07, 6.45) is 9.11. The van der Waals surface area contributed by atoms with E-state index in [1.165, 1.54) is 32.1 Å². The molecule has 1 atom stereocenters. The van der Waals surface area contributed by atoms with E-state index in [-0.39, 0.29) is 18.2 Å². The van der Waals surface area contributed by atoms with E-state index in [1.807, 2.05) is 24.4 Å². The second kappa shape index (κ2) is 6.23. The molecule has 30 heavy (non-hydrogen) atoms. The number of carbonyl (C=O) groups is 3. The predicted molar refractivity (Wildman–Crippen MR) is 106 cm³/mol. The number of hydrogen-bond acceptors (Lipinski definition) is 5. The molecule has 1 spiro atoms. The molecule has 1 unspecified atom stereocenters. The third-order valence-corrected chi connectivity index (χ3v) is 7.48. The van der Waals surface area contributed by atoms with Crippen molar-refractivity contribution in [1.29, 1.82) is 0 Å². The van der Waals surface area contributed by atoms with Gasteiger partial charge in [0.1, 0.15) is 6.04 Å². The van der Waals surface area contributed by atoms with Crippen molar-refractivity contribution in [3.8, 4) is 5.69 Å². The highest BCUT2D eigenvalue weighted by Gasteiger charge is 2.49. The molecular weight excluding hydrogens is 382 g/mol. The van der Waals surface area contributed by atoms with E-state index < -0.39 is 11.9 Å². The van der Waals surface area contributed by atoms with Crippen LogP contribution in [0.5, 0.6) is 0 Å². The molecule has 1 aromatic heterocycles. The Morgan fingerprint density at radius 1 is 1.13 bits per heavy atom. The molecule has 2 aromatic rings. The number of imide groups is 1. The molecule has 2 aliphatic heterocycles. The summed E-state index contributed by atoms with van der Waals surface area (Å²) in [6, 6.07) is 5.09. The van der Waals surface area contributed by atoms with E-state index >= 15 is 0 Å². The van der Waals surface area contributed by atoms with Crippen molar-refractivity contribution in [3.05, 3.63) is 41.2 Å². The maximum absolute atomic E-state index is 13.0. The fraction of sp³-hybridized carbons (Fsp3) is 0.500. The Balaban J connectivity index is 1.21. The molecule has 3 heterocycles. The zero-order valence-corrected chi connectivity index (χ0v) is 16.6. The van der Waals surface area contributed by atoms with Crippen LogP contribution in [-0.4, -0.2) is 43.7 Å². The van der Waals surface area contributed by atoms with Crippen LogP contribution in [-0.2, 0) is 16.1 Å². The Labute approximate surface area is 173 Å². The SMILES string of the molecule is O=C1CCC(N2Cc3ccc(-n4cc(C5CC6(CCC6)C5)nn4)cc3C2=O)C(=O)N1. The molecule has 1 N–H and O–H groups in total. The molecule has 3 amide bonds. The smallest absolute Gasteiger partial charge is 0.255 e. The second-order valence-electron chi connectivity index (χ2n) is 9.29. The molecule has 2 saturated carbocycles. The minimum absolute atomic E-state index is 0.174. The number of benzene rings is 1. The monoisotopic (exact) mass is 405 g/mol. The van der Waals surface area contributed by atoms with Crippen molar-refractivity contribution in [2.24, 2.45) is 5.41 Å². The zero-order valence-electron chi connectivity index (χ0n) is 16.6. The quantitative estimate of drug-likeness (QED) is 0.789. The molecule has 8 heteroatoms. The predicted octanol–water partition coefficient (Wildman–Crippen LogP) is 2.08. The van der Waals surface area contributed by atoms with Crippen molar-refractivity contribution < 1.29 is 14.4 Å². The number of amides is 3. The molecule has 154 valence electrons. The van der Waals surface area contributed by atoms with Crippen LogP contribution in [0.1, 0.15) is 72.5 Å². The van der Waals surface area contributed by atoms with Gasteiger partial charge in [-0.25, -0.2) is 4.68 Å². The molecule has 1 aromatic carbocycles. The Kier molecular flexibility index (Phi) is 3.70. The first-order chi connectivity index (χ1) is 14.5. The summed E-state index contributed by atoms with van der Waals surface area (Å²) >= 11 is 0. The first kappa shape index (κ1) is 17.8. The van der Waals surface area contributed by atoms with E-state index in [2.05, 4.69) is 15.6 Å². The molecule has 8 nitrogen and oxygen atoms in total. The highest BCUT2D eigenvalue weighted by Crippen LogP contribution is 2.61. The van der Waals surface area contributed by atoms with Crippen LogP contribution in [0.3, 0.4) is 0 Å². The van der Waals surface area contributed by atoms with Gasteiger partial charge in [-0.2, -0.15) is 0 Å². The van der Waals surface area contributed by atoms with Gasteiger partial charge in [-0.15, -0.1) is 5.10 Å². The van der Waals surface area contributed by atoms with E-state index in [1.54, 1.807) is 9.58 Å². The van der Waals surface area contributed by atoms with Gasteiger partial charge in [0.2, 0.25) is 11.8 Å². The summed E-state index contributed by atoms with van der Waals surface area (Å²) in [5.41, 5.74) is 3.90. The summed E-state index contributed by atoms with van der Waals surface area (Å²) < 4.78 is 1.74. The lowest BCUT2D eigenvalue weighted by Gasteiger charge is -2.53. The van der Waals surface area contributed by atoms with Gasteiger partial charge in [0.05, 0.1) is 17.6 Å². The minimum atomic E-state index is -0.596. The topological polar surface area (TPSA) is 97.2 Å². The van der Waals surface area contributed by atoms with Crippen LogP contribution in [0.4, 0.5) is 0 Å². The number of rotatable bonds is 3. The van der Waals surface area contributed by atoms with Crippen molar-refractivity contribution in [2.75, 3.05) is 0 Å². The number of hydrogen-bond donors (Lipinski definition) is 1. The van der Waals surface area contributed by atoms with Crippen molar-refractivity contribution >= 4 is 17.7 Å². The van der Waals surface area contributed by atoms with Crippen LogP contribution in [0.2, 0.25) is 0 Å². The van der Waals surface area contributed by atoms with Crippen molar-refractivity contribution in [2.45, 2.75) is 63.5 Å². The Bertz CT molecular complexity index is 1080. The standard InChI is InChI=1S/C22H23N5O3/c28-19-5-4-18(20(29)23-19)26-11-13-2-3-15(8-16(13)21(26)30)27-12-17(24-25-27)14-9-22(10-14)6-1-7-22/h2-3,8,12,14,18H,1,4-7,9-11H2,(H,23,28,29). The highest BCUT2D eigenvalue weighted by atomic mass is 16.2. The van der Waals surface area contributed by atoms with Gasteiger partial charge in [0.15, 0.2) is 0 Å². The maximum Gasteiger partial charge on any atom is 0.255 e. The molecule has 0 radical (unpaired) electrons. The number of nitrogens with zero attached hydrogens (tertiary/aromatic N) is 4. The van der Waals surface area contributed by atoms with Gasteiger partial charge in [-0.1, -0.05) is 17.7 Å². The largest absolute Gasteiger partial charge is 0.322 e. The van der Waals surface area contributed by atoms with Gasteiger partial charge in [0.25, 0.3) is 5.91 Å². The fourth-order valence-electron chi connectivity index (χ4n) is 5.55. The van der Waals surface area contributed by atoms with Crippen molar-refractivity contribution in [1.82, 2.24) is 25.2 Å². The maximum atomic E-state index is 13.0. The van der Waals surface area contributed by atoms with Crippen LogP contribution < -0.4 is 5.32 Å². The van der Waals surface area contributed by atoms with E-state index in [0.29, 0.717) is 29.9 Å². The average Bonchev–Trinajstić information content (AvgIpc) is 3.25. The van der Waals surface area contributed by atoms with Crippen LogP contribution in [0.25, 0.3) is 5.69 Å². The molecule has 4 aliphatic rings. The van der Waals surface area contributed by atoms with Crippen LogP contribution in [0.15, 0.2) is 24.4 Å². The third-order valence-electron chi connectivity index (χ3n) is 7.48. The van der Waals surface area contributed by atoms with Gasteiger partial charge in [-0.3, -0.25) is 19.7 Å². The van der Waals surface area contributed by atoms with E-state index in [0.717, 1.165) is 16.9 Å². The number of carbonyl (C=O) groups excluding carboxylic acids is 3. The third kappa shape index (κ3) is 2.62. The Hall–Kier alpha value is -3.03. The number of fused-ring (bicyclic) bond motifs is 1. The summed E-state index contributed by atoms with van der Waals surface area (Å²) in [6.45, 7) is 0.382. The first-order valence-corrected chi connectivity index (χ1v) is 10.7. The average molecular weight is 405 g/mol. The van der Waals surface area contributed by atoms with Crippen LogP contribution in [0, 0.1) is 5.41 Å². The summed E-state index contributed by atoms with van der Waals surface area (Å²) in [5, 5.41) is 11.0. The van der Waals surface area contributed by atoms with E-state index in [9.17, 15) is 14.4 Å². The first-order valence-electron chi connectivity index (χ1n) is 10.7. The van der Waals surface area contributed by atoms with Gasteiger partial charge in [0, 0.05) is 24.4 Å². The highest BCUT2D eigenvalue weighted by molar-refractivity contribution is 6.05. The summed E-state index contributed by atoms with van der Waals surface area (Å²) in [5.74, 6) is -0.344. The number of piperidine rings is 1. The summed E-state index contributed by atoms with van der Waals surface area (Å²) in [7, 11) is 0. The molecule has 0 bridgehead atoms. The van der Waals surface area contributed by atoms with E-state index in [4.69, 9.17) is 0 Å². The lowest BCUT2D eigenvalue weighted by atomic mass is 9.51. The molecule has 1 saturated heterocycles. The van der Waals surface area contributed by atoms with Gasteiger partial charge < -0.3 is 4.90 Å². The van der Waals surface area contributed by atoms with Gasteiger partial charge >= 0.3 is 0 Å². The number of nitrogens with one attached hydrogen (secondary N) is 1. The van der Waals surface area contributed by atoms with Crippen LogP contribution >= 0.6 is 0 Å². The minimum Gasteiger partial charge on any atom is -0.322 e. The lowest BCUT2D eigenvalue weighted by molar-refractivity contribution is -0.136. The molecule has 3 fully saturated rings. The Morgan fingerprint density at radius 2 is 1.97 bits per heavy atom. The molecule has 6 rings (SSSR count). The summed E-state index contributed by atoms with van der Waals surface area (Å²) in [4.78, 5) is 38.2. The molecular formula is C22H23N5O3. The van der Waals surface area contributed by atoms with Crippen molar-refractivity contribution in [3.63, 3.8) is 0 Å². The fourth-order valence-corrected chi connectivity index (χ4v) is 5.55. The lowest BCUT2D eigenvalue weighted by Crippen LogP contribution is -2.52. The number of aromatic nitrogens is 3. The zero-order chi connectivity index (χ0) is 20.5. The second-order valence-corrected chi connectivity index (χ2v) is 9.29. The van der Waals surface area contributed by atoms with Gasteiger partial charge in [-0.05, 0) is 55.2 Å². The normalized spacial score (nSPS) is 25.1. The molecule has 2 aliphatic carbocycles.